The second-order valence-electron chi connectivity index (χ2n) is 5.11. The molecule has 0 saturated heterocycles. The molecule has 0 aliphatic heterocycles. The fraction of sp³-hybridized carbons (Fsp3) is 0.800. The number of aryl methyl sites for hydroxylation is 1. The number of halogens is 1. The van der Waals surface area contributed by atoms with E-state index in [0.717, 1.165) is 5.88 Å². The lowest BCUT2D eigenvalue weighted by Crippen LogP contribution is -3.00. The van der Waals surface area contributed by atoms with Gasteiger partial charge in [0.1, 0.15) is 18.3 Å². The quantitative estimate of drug-likeness (QED) is 0.440. The van der Waals surface area contributed by atoms with Gasteiger partial charge in [-0.05, 0) is 12.2 Å². The highest BCUT2D eigenvalue weighted by atomic mass is 35.5. The summed E-state index contributed by atoms with van der Waals surface area (Å²) in [6.45, 7) is 2.28. The summed E-state index contributed by atoms with van der Waals surface area (Å²) in [5, 5.41) is 0. The molecule has 0 aliphatic carbocycles. The smallest absolute Gasteiger partial charge is 0.244 e. The van der Waals surface area contributed by atoms with Gasteiger partial charge in [-0.1, -0.05) is 51.9 Å². The minimum absolute atomic E-state index is 0. The fourth-order valence-electron chi connectivity index (χ4n) is 2.09. The minimum atomic E-state index is 0. The number of rotatable bonds is 11. The monoisotopic (exact) mass is 304 g/mol. The lowest BCUT2D eigenvalue weighted by Gasteiger charge is -2.01. The van der Waals surface area contributed by atoms with E-state index in [-0.39, 0.29) is 12.4 Å². The van der Waals surface area contributed by atoms with Gasteiger partial charge in [-0.3, -0.25) is 0 Å². The number of hydrogen-bond donors (Lipinski definition) is 0. The van der Waals surface area contributed by atoms with Crippen molar-refractivity contribution in [1.29, 1.82) is 0 Å². The Kier molecular flexibility index (Phi) is 12.8. The van der Waals surface area contributed by atoms with Crippen LogP contribution in [0.15, 0.2) is 18.7 Å². The zero-order valence-corrected chi connectivity index (χ0v) is 14.1. The van der Waals surface area contributed by atoms with Gasteiger partial charge in [0.25, 0.3) is 0 Å². The molecule has 2 nitrogen and oxygen atoms in total. The summed E-state index contributed by atoms with van der Waals surface area (Å²) in [6, 6.07) is 0. The zero-order chi connectivity index (χ0) is 13.1. The van der Waals surface area contributed by atoms with Gasteiger partial charge in [0.05, 0.1) is 7.05 Å². The van der Waals surface area contributed by atoms with E-state index in [1.165, 1.54) is 57.1 Å². The first-order valence-corrected chi connectivity index (χ1v) is 8.57. The van der Waals surface area contributed by atoms with Crippen molar-refractivity contribution in [3.63, 3.8) is 0 Å². The van der Waals surface area contributed by atoms with Crippen molar-refractivity contribution in [1.82, 2.24) is 4.57 Å². The summed E-state index contributed by atoms with van der Waals surface area (Å²) in [6.07, 6.45) is 17.7. The molecular formula is C15H29ClN2S. The molecule has 0 aromatic carbocycles. The van der Waals surface area contributed by atoms with Crippen LogP contribution in [-0.2, 0) is 12.9 Å². The minimum Gasteiger partial charge on any atom is -1.00 e. The first-order chi connectivity index (χ1) is 8.83. The Bertz CT molecular complexity index is 302. The molecule has 0 bridgehead atoms. The maximum absolute atomic E-state index is 2.28. The average Bonchev–Trinajstić information content (AvgIpc) is 2.77. The van der Waals surface area contributed by atoms with Gasteiger partial charge in [0.15, 0.2) is 0 Å². The van der Waals surface area contributed by atoms with E-state index in [2.05, 4.69) is 41.8 Å². The van der Waals surface area contributed by atoms with Crippen molar-refractivity contribution in [3.05, 3.63) is 18.7 Å². The van der Waals surface area contributed by atoms with Crippen molar-refractivity contribution in [3.8, 4) is 0 Å². The van der Waals surface area contributed by atoms with Crippen LogP contribution in [0.25, 0.3) is 0 Å². The number of nitrogens with zero attached hydrogens (tertiary/aromatic N) is 2. The highest BCUT2D eigenvalue weighted by molar-refractivity contribution is 7.98. The number of hydrogen-bond acceptors (Lipinski definition) is 1. The van der Waals surface area contributed by atoms with Crippen LogP contribution < -0.4 is 17.0 Å². The van der Waals surface area contributed by atoms with Crippen LogP contribution in [0, 0.1) is 0 Å². The van der Waals surface area contributed by atoms with Gasteiger partial charge < -0.3 is 12.4 Å². The summed E-state index contributed by atoms with van der Waals surface area (Å²) >= 11 is 2.04. The fourth-order valence-corrected chi connectivity index (χ4v) is 2.99. The molecule has 1 aromatic rings. The van der Waals surface area contributed by atoms with Crippen molar-refractivity contribution < 1.29 is 17.0 Å². The summed E-state index contributed by atoms with van der Waals surface area (Å²) < 4.78 is 4.34. The van der Waals surface area contributed by atoms with Crippen molar-refractivity contribution in [2.75, 3.05) is 5.75 Å². The van der Waals surface area contributed by atoms with Gasteiger partial charge in [-0.15, -0.1) is 11.8 Å². The maximum Gasteiger partial charge on any atom is 0.244 e. The third kappa shape index (κ3) is 10.3. The van der Waals surface area contributed by atoms with E-state index in [9.17, 15) is 0 Å². The third-order valence-electron chi connectivity index (χ3n) is 3.21. The van der Waals surface area contributed by atoms with Crippen LogP contribution >= 0.6 is 11.8 Å². The normalized spacial score (nSPS) is 10.4. The topological polar surface area (TPSA) is 8.81 Å². The van der Waals surface area contributed by atoms with Gasteiger partial charge in [0.2, 0.25) is 6.33 Å². The standard InChI is InChI=1S/C15H29N2S.ClH/c1-3-4-5-6-7-8-9-10-13-18-15-17-12-11-16(2)14-17;/h11-12,14H,3-10,13,15H2,1-2H3;1H/q+1;/p-1. The molecule has 0 saturated carbocycles. The van der Waals surface area contributed by atoms with Crippen molar-refractivity contribution in [2.24, 2.45) is 7.05 Å². The van der Waals surface area contributed by atoms with Gasteiger partial charge in [-0.2, -0.15) is 0 Å². The zero-order valence-electron chi connectivity index (χ0n) is 12.5. The molecule has 0 radical (unpaired) electrons. The molecule has 1 heterocycles. The van der Waals surface area contributed by atoms with Crippen LogP contribution in [0.1, 0.15) is 58.3 Å². The van der Waals surface area contributed by atoms with Crippen LogP contribution in [0.2, 0.25) is 0 Å². The summed E-state index contributed by atoms with van der Waals surface area (Å²) in [4.78, 5) is 0. The Labute approximate surface area is 129 Å². The molecule has 4 heteroatoms. The van der Waals surface area contributed by atoms with E-state index in [0.29, 0.717) is 0 Å². The molecule has 0 spiro atoms. The molecule has 0 unspecified atom stereocenters. The van der Waals surface area contributed by atoms with Crippen LogP contribution in [-0.4, -0.2) is 10.3 Å². The maximum atomic E-state index is 2.28. The first-order valence-electron chi connectivity index (χ1n) is 7.41. The summed E-state index contributed by atoms with van der Waals surface area (Å²) in [7, 11) is 2.07. The first kappa shape index (κ1) is 18.9. The molecular weight excluding hydrogens is 276 g/mol. The predicted molar refractivity (Wildman–Crippen MR) is 80.7 cm³/mol. The largest absolute Gasteiger partial charge is 1.00 e. The molecule has 0 N–H and O–H groups in total. The second kappa shape index (κ2) is 12.9. The van der Waals surface area contributed by atoms with Crippen LogP contribution in [0.3, 0.4) is 0 Å². The highest BCUT2D eigenvalue weighted by Gasteiger charge is 1.99. The molecule has 0 amide bonds. The van der Waals surface area contributed by atoms with Crippen molar-refractivity contribution >= 4 is 11.8 Å². The average molecular weight is 305 g/mol. The van der Waals surface area contributed by atoms with E-state index in [4.69, 9.17) is 0 Å². The highest BCUT2D eigenvalue weighted by Crippen LogP contribution is 2.12. The van der Waals surface area contributed by atoms with E-state index < -0.39 is 0 Å². The Balaban J connectivity index is 0.00000324. The van der Waals surface area contributed by atoms with Gasteiger partial charge in [0, 0.05) is 0 Å². The van der Waals surface area contributed by atoms with E-state index in [1.54, 1.807) is 0 Å². The van der Waals surface area contributed by atoms with E-state index in [1.807, 2.05) is 11.8 Å². The lowest BCUT2D eigenvalue weighted by atomic mass is 10.1. The Morgan fingerprint density at radius 2 is 1.63 bits per heavy atom. The lowest BCUT2D eigenvalue weighted by molar-refractivity contribution is -0.670. The van der Waals surface area contributed by atoms with Crippen LogP contribution in [0.4, 0.5) is 0 Å². The van der Waals surface area contributed by atoms with Crippen molar-refractivity contribution in [2.45, 2.75) is 64.2 Å². The molecule has 0 fully saturated rings. The summed E-state index contributed by atoms with van der Waals surface area (Å²) in [5.41, 5.74) is 0. The predicted octanol–water partition coefficient (Wildman–Crippen LogP) is 1.15. The van der Waals surface area contributed by atoms with E-state index >= 15 is 0 Å². The molecule has 112 valence electrons. The molecule has 0 aliphatic rings. The molecule has 19 heavy (non-hydrogen) atoms. The number of imidazole rings is 1. The Morgan fingerprint density at radius 1 is 1.00 bits per heavy atom. The Morgan fingerprint density at radius 3 is 2.21 bits per heavy atom. The number of aromatic nitrogens is 2. The second-order valence-corrected chi connectivity index (χ2v) is 6.18. The third-order valence-corrected chi connectivity index (χ3v) is 4.26. The van der Waals surface area contributed by atoms with Gasteiger partial charge >= 0.3 is 0 Å². The SMILES string of the molecule is CCCCCCCCCCSCn1cc[n+](C)c1.[Cl-]. The molecule has 1 rings (SSSR count). The number of thioether (sulfide) groups is 1. The van der Waals surface area contributed by atoms with Crippen LogP contribution in [0.5, 0.6) is 0 Å². The summed E-state index contributed by atoms with van der Waals surface area (Å²) in [5.74, 6) is 2.40. The number of unbranched alkanes of at least 4 members (excludes halogenated alkanes) is 7. The van der Waals surface area contributed by atoms with Gasteiger partial charge in [-0.25, -0.2) is 9.13 Å². The molecule has 0 atom stereocenters. The Hall–Kier alpha value is -0.150. The molecule has 1 aromatic heterocycles.